The number of amidine groups is 2. The zero-order chi connectivity index (χ0) is 13.6. The summed E-state index contributed by atoms with van der Waals surface area (Å²) in [6.45, 7) is 6.70. The summed E-state index contributed by atoms with van der Waals surface area (Å²) < 4.78 is 6.47. The molecule has 0 saturated heterocycles. The zero-order valence-corrected chi connectivity index (χ0v) is 10.6. The third-order valence-corrected chi connectivity index (χ3v) is 1.87. The Balaban J connectivity index is 0. The number of rotatable bonds is 4. The molecule has 0 aromatic carbocycles. The van der Waals surface area contributed by atoms with Crippen molar-refractivity contribution in [2.45, 2.75) is 38.8 Å². The molecule has 0 bridgehead atoms. The lowest BCUT2D eigenvalue weighted by Gasteiger charge is -2.20. The van der Waals surface area contributed by atoms with Crippen LogP contribution in [0.5, 0.6) is 0 Å². The Kier molecular flexibility index (Phi) is 6.87. The monoisotopic (exact) mass is 250 g/mol. The molecule has 0 aliphatic carbocycles. The summed E-state index contributed by atoms with van der Waals surface area (Å²) in [5.74, 6) is -0.138. The van der Waals surface area contributed by atoms with Crippen LogP contribution in [0.4, 0.5) is 0 Å². The van der Waals surface area contributed by atoms with Crippen LogP contribution >= 0.6 is 11.9 Å². The number of nitrogens with two attached hydrogens (primary N) is 2. The van der Waals surface area contributed by atoms with Crippen molar-refractivity contribution in [2.75, 3.05) is 0 Å². The lowest BCUT2D eigenvalue weighted by molar-refractivity contribution is 0.557. The molecule has 0 fully saturated rings. The lowest BCUT2D eigenvalue weighted by Crippen LogP contribution is -2.38. The van der Waals surface area contributed by atoms with Gasteiger partial charge in [-0.25, -0.2) is 0 Å². The molecule has 0 aromatic rings. The number of hydrogen-bond acceptors (Lipinski definition) is 5. The summed E-state index contributed by atoms with van der Waals surface area (Å²) >= 11 is 3.64. The first-order valence-electron chi connectivity index (χ1n) is 4.39. The molecule has 0 saturated carbocycles. The smallest absolute Gasteiger partial charge is 0.132 e. The zero-order valence-electron chi connectivity index (χ0n) is 9.87. The summed E-state index contributed by atoms with van der Waals surface area (Å²) in [6, 6.07) is 0. The van der Waals surface area contributed by atoms with E-state index in [1.165, 1.54) is 0 Å². The highest BCUT2D eigenvalue weighted by molar-refractivity contribution is 6.04. The van der Waals surface area contributed by atoms with E-state index in [1.54, 1.807) is 27.7 Å². The average Bonchev–Trinajstić information content (AvgIpc) is 2.18. The molecule has 0 radical (unpaired) electrons. The van der Waals surface area contributed by atoms with E-state index in [9.17, 15) is 0 Å². The van der Waals surface area contributed by atoms with Crippen LogP contribution in [0.15, 0.2) is 10.2 Å². The first kappa shape index (κ1) is 17.2. The Labute approximate surface area is 100 Å². The summed E-state index contributed by atoms with van der Waals surface area (Å²) in [6.07, 6.45) is 0. The normalized spacial score (nSPS) is 11.9. The standard InChI is InChI=1S/C8H18N6.ClHO/c1-7(2,5(9)10)13-14-8(3,4)6(11)12;1-2/h1-4H3,(H3,9,10)(H3,11,12);2H. The molecule has 7 N–H and O–H groups in total. The second kappa shape index (κ2) is 6.39. The Morgan fingerprint density at radius 1 is 0.938 bits per heavy atom. The molecule has 94 valence electrons. The van der Waals surface area contributed by atoms with Crippen LogP contribution in [0.2, 0.25) is 0 Å². The van der Waals surface area contributed by atoms with E-state index in [0.29, 0.717) is 0 Å². The van der Waals surface area contributed by atoms with Gasteiger partial charge in [-0.2, -0.15) is 10.2 Å². The molecule has 0 heterocycles. The van der Waals surface area contributed by atoms with E-state index in [-0.39, 0.29) is 11.7 Å². The highest BCUT2D eigenvalue weighted by Crippen LogP contribution is 2.15. The van der Waals surface area contributed by atoms with Crippen LogP contribution in [0.1, 0.15) is 27.7 Å². The van der Waals surface area contributed by atoms with E-state index in [0.717, 1.165) is 0 Å². The quantitative estimate of drug-likeness (QED) is 0.288. The fraction of sp³-hybridized carbons (Fsp3) is 0.750. The maximum atomic E-state index is 7.25. The van der Waals surface area contributed by atoms with E-state index in [2.05, 4.69) is 22.1 Å². The van der Waals surface area contributed by atoms with Crippen molar-refractivity contribution in [3.8, 4) is 0 Å². The third kappa shape index (κ3) is 5.62. The fourth-order valence-corrected chi connectivity index (χ4v) is 0.358. The van der Waals surface area contributed by atoms with E-state index < -0.39 is 11.1 Å². The van der Waals surface area contributed by atoms with Gasteiger partial charge in [0, 0.05) is 0 Å². The van der Waals surface area contributed by atoms with Gasteiger partial charge in [-0.1, -0.05) is 0 Å². The van der Waals surface area contributed by atoms with Gasteiger partial charge in [-0.3, -0.25) is 15.5 Å². The summed E-state index contributed by atoms with van der Waals surface area (Å²) in [5, 5.41) is 22.3. The molecular formula is C8H19ClN6O. The Hall–Kier alpha value is -1.21. The highest BCUT2D eigenvalue weighted by Gasteiger charge is 2.25. The second-order valence-corrected chi connectivity index (χ2v) is 4.15. The van der Waals surface area contributed by atoms with Crippen molar-refractivity contribution in [1.82, 2.24) is 0 Å². The minimum atomic E-state index is -0.841. The van der Waals surface area contributed by atoms with Gasteiger partial charge in [-0.05, 0) is 27.7 Å². The van der Waals surface area contributed by atoms with E-state index in [1.807, 2.05) is 0 Å². The SMILES string of the molecule is CC(C)(N=NC(C)(C)C(=N)N)C(=N)N.OCl. The first-order chi connectivity index (χ1) is 7.09. The molecule has 0 spiro atoms. The number of hydrogen-bond donors (Lipinski definition) is 5. The summed E-state index contributed by atoms with van der Waals surface area (Å²) in [7, 11) is 0. The Morgan fingerprint density at radius 2 is 1.12 bits per heavy atom. The molecule has 0 aromatic heterocycles. The van der Waals surface area contributed by atoms with Gasteiger partial charge in [-0.15, -0.1) is 0 Å². The van der Waals surface area contributed by atoms with Gasteiger partial charge in [0.1, 0.15) is 22.7 Å². The summed E-state index contributed by atoms with van der Waals surface area (Å²) in [4.78, 5) is 0. The predicted octanol–water partition coefficient (Wildman–Crippen LogP) is 1.00. The Morgan fingerprint density at radius 3 is 1.25 bits per heavy atom. The van der Waals surface area contributed by atoms with Crippen molar-refractivity contribution in [3.63, 3.8) is 0 Å². The largest absolute Gasteiger partial charge is 0.386 e. The lowest BCUT2D eigenvalue weighted by atomic mass is 10.1. The molecule has 0 aliphatic heterocycles. The molecule has 0 amide bonds. The van der Waals surface area contributed by atoms with Crippen molar-refractivity contribution in [3.05, 3.63) is 0 Å². The molecule has 16 heavy (non-hydrogen) atoms. The minimum absolute atomic E-state index is 0.0689. The maximum absolute atomic E-state index is 7.25. The van der Waals surface area contributed by atoms with Crippen LogP contribution in [0, 0.1) is 10.8 Å². The van der Waals surface area contributed by atoms with Crippen LogP contribution < -0.4 is 11.5 Å². The molecule has 0 unspecified atom stereocenters. The fourth-order valence-electron chi connectivity index (χ4n) is 0.358. The van der Waals surface area contributed by atoms with Crippen LogP contribution in [0.25, 0.3) is 0 Å². The van der Waals surface area contributed by atoms with E-state index >= 15 is 0 Å². The highest BCUT2D eigenvalue weighted by atomic mass is 35.5. The number of azo groups is 1. The first-order valence-corrected chi connectivity index (χ1v) is 4.73. The maximum Gasteiger partial charge on any atom is 0.132 e. The second-order valence-electron chi connectivity index (χ2n) is 4.15. The average molecular weight is 251 g/mol. The molecule has 0 aliphatic rings. The van der Waals surface area contributed by atoms with Gasteiger partial charge < -0.3 is 11.5 Å². The van der Waals surface area contributed by atoms with Gasteiger partial charge in [0.15, 0.2) is 0 Å². The molecule has 8 heteroatoms. The molecule has 7 nitrogen and oxygen atoms in total. The topological polar surface area (TPSA) is 145 Å². The van der Waals surface area contributed by atoms with Crippen LogP contribution in [-0.4, -0.2) is 27.4 Å². The molecule has 0 rings (SSSR count). The third-order valence-electron chi connectivity index (χ3n) is 1.87. The van der Waals surface area contributed by atoms with Gasteiger partial charge in [0.25, 0.3) is 0 Å². The predicted molar refractivity (Wildman–Crippen MR) is 64.9 cm³/mol. The Bertz CT molecular complexity index is 258. The molecule has 0 atom stereocenters. The number of halogens is 1. The van der Waals surface area contributed by atoms with Gasteiger partial charge in [0.05, 0.1) is 11.9 Å². The van der Waals surface area contributed by atoms with E-state index in [4.69, 9.17) is 26.9 Å². The minimum Gasteiger partial charge on any atom is -0.386 e. The number of nitrogens with one attached hydrogen (secondary N) is 2. The summed E-state index contributed by atoms with van der Waals surface area (Å²) in [5.41, 5.74) is 8.96. The van der Waals surface area contributed by atoms with Crippen molar-refractivity contribution in [2.24, 2.45) is 21.7 Å². The van der Waals surface area contributed by atoms with Crippen molar-refractivity contribution < 1.29 is 4.66 Å². The van der Waals surface area contributed by atoms with Crippen molar-refractivity contribution >= 4 is 23.5 Å². The number of nitrogens with zero attached hydrogens (tertiary/aromatic N) is 2. The van der Waals surface area contributed by atoms with Crippen molar-refractivity contribution in [1.29, 1.82) is 10.8 Å². The molecular weight excluding hydrogens is 232 g/mol. The van der Waals surface area contributed by atoms with Gasteiger partial charge >= 0.3 is 0 Å². The van der Waals surface area contributed by atoms with Crippen LogP contribution in [-0.2, 0) is 0 Å². The van der Waals surface area contributed by atoms with Crippen LogP contribution in [0.3, 0.4) is 0 Å². The van der Waals surface area contributed by atoms with Gasteiger partial charge in [0.2, 0.25) is 0 Å².